The second kappa shape index (κ2) is 8.97. The Morgan fingerprint density at radius 2 is 2.04 bits per heavy atom. The molecule has 1 saturated carbocycles. The number of thiophene rings is 1. The quantitative estimate of drug-likeness (QED) is 0.604. The fourth-order valence-corrected chi connectivity index (χ4v) is 3.61. The van der Waals surface area contributed by atoms with Gasteiger partial charge in [0.2, 0.25) is 0 Å². The van der Waals surface area contributed by atoms with Gasteiger partial charge >= 0.3 is 5.97 Å². The van der Waals surface area contributed by atoms with Crippen molar-refractivity contribution in [1.82, 2.24) is 5.32 Å². The Balaban J connectivity index is 1.72. The fraction of sp³-hybridized carbons (Fsp3) is 0.611. The van der Waals surface area contributed by atoms with Crippen LogP contribution < -0.4 is 5.32 Å². The highest BCUT2D eigenvalue weighted by atomic mass is 32.1. The van der Waals surface area contributed by atoms with E-state index in [4.69, 9.17) is 4.74 Å². The summed E-state index contributed by atoms with van der Waals surface area (Å²) in [5.74, 6) is -0.393. The molecule has 0 unspecified atom stereocenters. The number of ketones is 1. The Kier molecular flexibility index (Phi) is 6.97. The van der Waals surface area contributed by atoms with Gasteiger partial charge in [-0.15, -0.1) is 11.3 Å². The first kappa shape index (κ1) is 18.6. The highest BCUT2D eigenvalue weighted by molar-refractivity contribution is 7.12. The second-order valence-corrected chi connectivity index (χ2v) is 7.36. The molecule has 1 aliphatic carbocycles. The van der Waals surface area contributed by atoms with E-state index >= 15 is 0 Å². The second-order valence-electron chi connectivity index (χ2n) is 6.41. The van der Waals surface area contributed by atoms with E-state index in [1.54, 1.807) is 19.1 Å². The van der Waals surface area contributed by atoms with E-state index in [0.29, 0.717) is 10.8 Å². The highest BCUT2D eigenvalue weighted by Crippen LogP contribution is 2.23. The van der Waals surface area contributed by atoms with Crippen LogP contribution in [0.4, 0.5) is 0 Å². The lowest BCUT2D eigenvalue weighted by atomic mass is 9.86. The molecule has 3 atom stereocenters. The van der Waals surface area contributed by atoms with Crippen molar-refractivity contribution in [2.75, 3.05) is 0 Å². The number of carbonyl (C=O) groups is 3. The van der Waals surface area contributed by atoms with Crippen molar-refractivity contribution < 1.29 is 19.1 Å². The van der Waals surface area contributed by atoms with Crippen molar-refractivity contribution in [1.29, 1.82) is 0 Å². The van der Waals surface area contributed by atoms with Crippen LogP contribution in [0, 0.1) is 5.92 Å². The smallest absolute Gasteiger partial charge is 0.307 e. The Hall–Kier alpha value is -1.69. The molecule has 2 rings (SSSR count). The lowest BCUT2D eigenvalue weighted by Crippen LogP contribution is -2.46. The SMILES string of the molecule is C[C@@H](OC(=O)CCC(=O)c1cccs1)C(=O)N[C@@H]1CCCC[C@@H]1C. The van der Waals surface area contributed by atoms with Crippen LogP contribution in [-0.4, -0.2) is 29.8 Å². The third kappa shape index (κ3) is 5.44. The molecule has 132 valence electrons. The van der Waals surface area contributed by atoms with Gasteiger partial charge in [-0.3, -0.25) is 14.4 Å². The highest BCUT2D eigenvalue weighted by Gasteiger charge is 2.26. The summed E-state index contributed by atoms with van der Waals surface area (Å²) >= 11 is 1.36. The van der Waals surface area contributed by atoms with E-state index in [9.17, 15) is 14.4 Å². The van der Waals surface area contributed by atoms with Gasteiger partial charge in [-0.05, 0) is 37.1 Å². The molecule has 0 aromatic carbocycles. The first-order chi connectivity index (χ1) is 11.5. The summed E-state index contributed by atoms with van der Waals surface area (Å²) in [6.07, 6.45) is 3.68. The van der Waals surface area contributed by atoms with E-state index in [-0.39, 0.29) is 30.6 Å². The van der Waals surface area contributed by atoms with Gasteiger partial charge in [0.15, 0.2) is 11.9 Å². The third-order valence-corrected chi connectivity index (χ3v) is 5.38. The number of rotatable bonds is 7. The van der Waals surface area contributed by atoms with E-state index in [0.717, 1.165) is 19.3 Å². The largest absolute Gasteiger partial charge is 0.453 e. The molecule has 0 radical (unpaired) electrons. The lowest BCUT2D eigenvalue weighted by molar-refractivity contribution is -0.155. The van der Waals surface area contributed by atoms with E-state index < -0.39 is 12.1 Å². The number of Topliss-reactive ketones (excluding diaryl/α,β-unsaturated/α-hetero) is 1. The molecule has 0 bridgehead atoms. The summed E-state index contributed by atoms with van der Waals surface area (Å²) in [6, 6.07) is 3.70. The van der Waals surface area contributed by atoms with Crippen molar-refractivity contribution in [2.24, 2.45) is 5.92 Å². The predicted molar refractivity (Wildman–Crippen MR) is 93.0 cm³/mol. The average Bonchev–Trinajstić information content (AvgIpc) is 3.09. The Labute approximate surface area is 146 Å². The lowest BCUT2D eigenvalue weighted by Gasteiger charge is -2.30. The van der Waals surface area contributed by atoms with Crippen LogP contribution in [0.25, 0.3) is 0 Å². The van der Waals surface area contributed by atoms with Crippen LogP contribution in [0.2, 0.25) is 0 Å². The Bertz CT molecular complexity index is 570. The molecule has 0 aliphatic heterocycles. The van der Waals surface area contributed by atoms with Crippen molar-refractivity contribution in [2.45, 2.75) is 64.5 Å². The normalized spacial score (nSPS) is 21.8. The molecular weight excluding hydrogens is 326 g/mol. The Morgan fingerprint density at radius 3 is 2.71 bits per heavy atom. The minimum absolute atomic E-state index is 0.00577. The van der Waals surface area contributed by atoms with E-state index in [1.807, 2.05) is 5.38 Å². The summed E-state index contributed by atoms with van der Waals surface area (Å²) in [5.41, 5.74) is 0. The van der Waals surface area contributed by atoms with Gasteiger partial charge in [-0.2, -0.15) is 0 Å². The number of carbonyl (C=O) groups excluding carboxylic acids is 3. The molecule has 0 saturated heterocycles. The molecule has 1 aromatic heterocycles. The van der Waals surface area contributed by atoms with Crippen LogP contribution in [-0.2, 0) is 14.3 Å². The van der Waals surface area contributed by atoms with Crippen LogP contribution in [0.3, 0.4) is 0 Å². The molecule has 6 heteroatoms. The molecular formula is C18H25NO4S. The molecule has 0 spiro atoms. The van der Waals surface area contributed by atoms with Gasteiger partial charge in [-0.1, -0.05) is 25.8 Å². The molecule has 1 fully saturated rings. The van der Waals surface area contributed by atoms with Crippen molar-refractivity contribution in [3.63, 3.8) is 0 Å². The summed E-state index contributed by atoms with van der Waals surface area (Å²) in [6.45, 7) is 3.71. The number of nitrogens with one attached hydrogen (secondary N) is 1. The van der Waals surface area contributed by atoms with Crippen molar-refractivity contribution >= 4 is 29.0 Å². The fourth-order valence-electron chi connectivity index (χ4n) is 2.92. The van der Waals surface area contributed by atoms with Gasteiger partial charge in [0.25, 0.3) is 5.91 Å². The molecule has 24 heavy (non-hydrogen) atoms. The monoisotopic (exact) mass is 351 g/mol. The van der Waals surface area contributed by atoms with Crippen LogP contribution >= 0.6 is 11.3 Å². The van der Waals surface area contributed by atoms with Gasteiger partial charge < -0.3 is 10.1 Å². The first-order valence-electron chi connectivity index (χ1n) is 8.54. The third-order valence-electron chi connectivity index (χ3n) is 4.47. The summed E-state index contributed by atoms with van der Waals surface area (Å²) in [4.78, 5) is 36.5. The molecule has 1 heterocycles. The zero-order valence-electron chi connectivity index (χ0n) is 14.2. The minimum Gasteiger partial charge on any atom is -0.453 e. The van der Waals surface area contributed by atoms with Gasteiger partial charge in [-0.25, -0.2) is 0 Å². The maximum absolute atomic E-state index is 12.2. The maximum atomic E-state index is 12.2. The van der Waals surface area contributed by atoms with E-state index in [2.05, 4.69) is 12.2 Å². The van der Waals surface area contributed by atoms with Crippen molar-refractivity contribution in [3.05, 3.63) is 22.4 Å². The van der Waals surface area contributed by atoms with E-state index in [1.165, 1.54) is 17.8 Å². The van der Waals surface area contributed by atoms with Crippen LogP contribution in [0.1, 0.15) is 62.0 Å². The van der Waals surface area contributed by atoms with Crippen LogP contribution in [0.15, 0.2) is 17.5 Å². The number of hydrogen-bond acceptors (Lipinski definition) is 5. The Morgan fingerprint density at radius 1 is 1.29 bits per heavy atom. The van der Waals surface area contributed by atoms with Crippen molar-refractivity contribution in [3.8, 4) is 0 Å². The minimum atomic E-state index is -0.830. The topological polar surface area (TPSA) is 72.5 Å². The summed E-state index contributed by atoms with van der Waals surface area (Å²) < 4.78 is 5.16. The molecule has 1 aliphatic rings. The maximum Gasteiger partial charge on any atom is 0.307 e. The van der Waals surface area contributed by atoms with Gasteiger partial charge in [0, 0.05) is 12.5 Å². The predicted octanol–water partition coefficient (Wildman–Crippen LogP) is 3.34. The zero-order chi connectivity index (χ0) is 17.5. The average molecular weight is 351 g/mol. The standard InChI is InChI=1S/C18H25NO4S/c1-12-6-3-4-7-14(12)19-18(22)13(2)23-17(21)10-9-15(20)16-8-5-11-24-16/h5,8,11-14H,3-4,6-7,9-10H2,1-2H3,(H,19,22)/t12-,13+,14+/m0/s1. The van der Waals surface area contributed by atoms with Gasteiger partial charge in [0.1, 0.15) is 0 Å². The molecule has 1 N–H and O–H groups in total. The zero-order valence-corrected chi connectivity index (χ0v) is 15.1. The summed E-state index contributed by atoms with van der Waals surface area (Å²) in [7, 11) is 0. The molecule has 1 amide bonds. The van der Waals surface area contributed by atoms with Crippen LogP contribution in [0.5, 0.6) is 0 Å². The number of hydrogen-bond donors (Lipinski definition) is 1. The summed E-state index contributed by atoms with van der Waals surface area (Å²) in [5, 5.41) is 4.80. The van der Waals surface area contributed by atoms with Gasteiger partial charge in [0.05, 0.1) is 11.3 Å². The number of esters is 1. The number of ether oxygens (including phenoxy) is 1. The first-order valence-corrected chi connectivity index (χ1v) is 9.42. The number of amides is 1. The molecule has 5 nitrogen and oxygen atoms in total. The molecule has 1 aromatic rings.